The Bertz CT molecular complexity index is 374. The summed E-state index contributed by atoms with van der Waals surface area (Å²) in [6, 6.07) is 5.37. The van der Waals surface area contributed by atoms with Crippen LogP contribution in [0.4, 0.5) is 0 Å². The number of hydrogen-bond donors (Lipinski definition) is 0. The number of methoxy groups -OCH3 is 2. The maximum Gasteiger partial charge on any atom is 1.00 e. The van der Waals surface area contributed by atoms with E-state index < -0.39 is 0 Å². The molecule has 94 valence electrons. The first-order valence-corrected chi connectivity index (χ1v) is 6.56. The average molecular weight is 260 g/mol. The van der Waals surface area contributed by atoms with E-state index in [0.717, 1.165) is 15.0 Å². The van der Waals surface area contributed by atoms with E-state index in [4.69, 9.17) is 9.47 Å². The zero-order chi connectivity index (χ0) is 12.8. The number of carbonyl (C=O) groups excluding carboxylic acids is 1. The van der Waals surface area contributed by atoms with Gasteiger partial charge >= 0.3 is 18.9 Å². The van der Waals surface area contributed by atoms with Crippen LogP contribution < -0.4 is 28.3 Å². The van der Waals surface area contributed by atoms with Gasteiger partial charge < -0.3 is 22.8 Å². The van der Waals surface area contributed by atoms with Crippen molar-refractivity contribution in [2.24, 2.45) is 0 Å². The minimum Gasteiger partial charge on any atom is -0.496 e. The van der Waals surface area contributed by atoms with Crippen LogP contribution in [0.15, 0.2) is 18.2 Å². The molecule has 5 heteroatoms. The summed E-state index contributed by atoms with van der Waals surface area (Å²) >= 11 is 0. The fourth-order valence-electron chi connectivity index (χ4n) is 1.42. The Morgan fingerprint density at radius 3 is 2.17 bits per heavy atom. The first-order valence-electron chi connectivity index (χ1n) is 5.60. The smallest absolute Gasteiger partial charge is 0.496 e. The standard InChI is InChI=1S/C13H18O3P.Li/c1-5-9(2)17-13(14)12-10(15-3)7-6-8-11(12)16-4;/h6-9H,5H2,1-4H3;/q-1;+1. The second-order valence-corrected chi connectivity index (χ2v) is 5.27. The Morgan fingerprint density at radius 1 is 1.28 bits per heavy atom. The summed E-state index contributed by atoms with van der Waals surface area (Å²) in [5, 5.41) is 0. The SMILES string of the molecule is CCC(C)[P-]C(=O)c1c(OC)cccc1OC.[Li+]. The van der Waals surface area contributed by atoms with Crippen molar-refractivity contribution in [2.75, 3.05) is 14.2 Å². The van der Waals surface area contributed by atoms with Crippen LogP contribution in [0.25, 0.3) is 0 Å². The molecule has 0 aromatic heterocycles. The van der Waals surface area contributed by atoms with E-state index in [-0.39, 0.29) is 24.4 Å². The molecule has 0 bridgehead atoms. The molecule has 0 radical (unpaired) electrons. The average Bonchev–Trinajstić information content (AvgIpc) is 2.37. The van der Waals surface area contributed by atoms with Crippen molar-refractivity contribution in [1.82, 2.24) is 0 Å². The third-order valence-corrected chi connectivity index (χ3v) is 3.83. The number of rotatable bonds is 6. The van der Waals surface area contributed by atoms with Crippen LogP contribution >= 0.6 is 8.58 Å². The second-order valence-electron chi connectivity index (χ2n) is 3.73. The molecule has 1 atom stereocenters. The van der Waals surface area contributed by atoms with Crippen LogP contribution in [0, 0.1) is 0 Å². The Morgan fingerprint density at radius 2 is 1.78 bits per heavy atom. The molecule has 0 fully saturated rings. The van der Waals surface area contributed by atoms with Crippen molar-refractivity contribution in [2.45, 2.75) is 25.9 Å². The predicted octanol–water partition coefficient (Wildman–Crippen LogP) is 0.593. The largest absolute Gasteiger partial charge is 1.00 e. The molecule has 1 unspecified atom stereocenters. The fourth-order valence-corrected chi connectivity index (χ4v) is 2.35. The van der Waals surface area contributed by atoms with Gasteiger partial charge in [0.25, 0.3) is 0 Å². The minimum atomic E-state index is 0. The topological polar surface area (TPSA) is 35.5 Å². The summed E-state index contributed by atoms with van der Waals surface area (Å²) in [6.07, 6.45) is 0.977. The van der Waals surface area contributed by atoms with Gasteiger partial charge in [0.05, 0.1) is 19.8 Å². The molecule has 1 aromatic carbocycles. The van der Waals surface area contributed by atoms with Crippen LogP contribution in [0.1, 0.15) is 30.6 Å². The monoisotopic (exact) mass is 260 g/mol. The molecular weight excluding hydrogens is 242 g/mol. The van der Waals surface area contributed by atoms with Crippen molar-refractivity contribution in [1.29, 1.82) is 0 Å². The minimum absolute atomic E-state index is 0. The van der Waals surface area contributed by atoms with Gasteiger partial charge in [-0.25, -0.2) is 0 Å². The van der Waals surface area contributed by atoms with Gasteiger partial charge in [-0.2, -0.15) is 5.66 Å². The van der Waals surface area contributed by atoms with Crippen LogP contribution in [-0.2, 0) is 0 Å². The van der Waals surface area contributed by atoms with Crippen molar-refractivity contribution in [3.63, 3.8) is 0 Å². The summed E-state index contributed by atoms with van der Waals surface area (Å²) < 4.78 is 10.4. The van der Waals surface area contributed by atoms with E-state index in [2.05, 4.69) is 13.8 Å². The van der Waals surface area contributed by atoms with Gasteiger partial charge in [-0.1, -0.05) is 26.3 Å². The molecule has 3 nitrogen and oxygen atoms in total. The number of hydrogen-bond acceptors (Lipinski definition) is 3. The molecule has 18 heavy (non-hydrogen) atoms. The summed E-state index contributed by atoms with van der Waals surface area (Å²) in [7, 11) is 3.91. The Balaban J connectivity index is 0.00000289. The van der Waals surface area contributed by atoms with Crippen LogP contribution in [-0.4, -0.2) is 25.4 Å². The maximum atomic E-state index is 12.2. The van der Waals surface area contributed by atoms with Crippen LogP contribution in [0.3, 0.4) is 0 Å². The number of ether oxygens (including phenoxy) is 2. The Labute approximate surface area is 123 Å². The van der Waals surface area contributed by atoms with E-state index in [1.165, 1.54) is 0 Å². The second kappa shape index (κ2) is 8.59. The zero-order valence-corrected chi connectivity index (χ0v) is 12.6. The summed E-state index contributed by atoms with van der Waals surface area (Å²) in [5.74, 6) is 1.15. The van der Waals surface area contributed by atoms with Gasteiger partial charge in [0.15, 0.2) is 0 Å². The zero-order valence-electron chi connectivity index (χ0n) is 11.7. The van der Waals surface area contributed by atoms with Crippen molar-refractivity contribution >= 4 is 14.1 Å². The molecule has 1 rings (SSSR count). The Kier molecular flexibility index (Phi) is 8.36. The van der Waals surface area contributed by atoms with E-state index in [9.17, 15) is 4.79 Å². The molecule has 1 aromatic rings. The normalized spacial score (nSPS) is 12.0. The molecule has 0 spiro atoms. The van der Waals surface area contributed by atoms with Crippen molar-refractivity contribution in [3.8, 4) is 11.5 Å². The van der Waals surface area contributed by atoms with E-state index >= 15 is 0 Å². The van der Waals surface area contributed by atoms with E-state index in [0.29, 0.717) is 22.7 Å². The molecule has 0 N–H and O–H groups in total. The summed E-state index contributed by atoms with van der Waals surface area (Å²) in [6.45, 7) is 4.13. The number of carbonyl (C=O) groups is 1. The van der Waals surface area contributed by atoms with Gasteiger partial charge in [0.1, 0.15) is 11.5 Å². The molecule has 0 saturated heterocycles. The Hall–Kier alpha value is -0.483. The van der Waals surface area contributed by atoms with Crippen molar-refractivity contribution in [3.05, 3.63) is 23.8 Å². The van der Waals surface area contributed by atoms with E-state index in [1.807, 2.05) is 6.07 Å². The fraction of sp³-hybridized carbons (Fsp3) is 0.462. The predicted molar refractivity (Wildman–Crippen MR) is 70.5 cm³/mol. The molecule has 0 heterocycles. The third kappa shape index (κ3) is 4.32. The molecular formula is C13H18LiO3P. The molecule has 0 aliphatic carbocycles. The summed E-state index contributed by atoms with van der Waals surface area (Å²) in [4.78, 5) is 12.2. The van der Waals surface area contributed by atoms with Crippen LogP contribution in [0.5, 0.6) is 11.5 Å². The first-order chi connectivity index (χ1) is 8.13. The van der Waals surface area contributed by atoms with Gasteiger partial charge in [0, 0.05) is 5.52 Å². The first kappa shape index (κ1) is 17.5. The third-order valence-electron chi connectivity index (χ3n) is 2.57. The maximum absolute atomic E-state index is 12.2. The van der Waals surface area contributed by atoms with Gasteiger partial charge in [-0.05, 0) is 12.1 Å². The molecule has 0 aliphatic rings. The molecule has 0 aliphatic heterocycles. The van der Waals surface area contributed by atoms with Gasteiger partial charge in [0.2, 0.25) is 0 Å². The molecule has 0 amide bonds. The van der Waals surface area contributed by atoms with Crippen LogP contribution in [0.2, 0.25) is 0 Å². The summed E-state index contributed by atoms with van der Waals surface area (Å²) in [5.41, 5.74) is 0.935. The van der Waals surface area contributed by atoms with Gasteiger partial charge in [-0.3, -0.25) is 0 Å². The van der Waals surface area contributed by atoms with E-state index in [1.54, 1.807) is 26.4 Å². The van der Waals surface area contributed by atoms with Gasteiger partial charge in [-0.15, -0.1) is 0 Å². The number of benzene rings is 1. The van der Waals surface area contributed by atoms with Crippen molar-refractivity contribution < 1.29 is 33.1 Å². The quantitative estimate of drug-likeness (QED) is 0.555. The molecule has 0 saturated carbocycles.